The number of hydrogen-bond donors (Lipinski definition) is 1. The van der Waals surface area contributed by atoms with Crippen LogP contribution < -0.4 is 10.1 Å². The van der Waals surface area contributed by atoms with Crippen molar-refractivity contribution in [3.8, 4) is 5.75 Å². The second kappa shape index (κ2) is 8.28. The summed E-state index contributed by atoms with van der Waals surface area (Å²) in [7, 11) is 0. The van der Waals surface area contributed by atoms with Gasteiger partial charge in [-0.15, -0.1) is 0 Å². The molecule has 20 heavy (non-hydrogen) atoms. The first-order chi connectivity index (χ1) is 9.75. The van der Waals surface area contributed by atoms with Crippen LogP contribution in [0.1, 0.15) is 38.7 Å². The lowest BCUT2D eigenvalue weighted by molar-refractivity contribution is -0.0104. The largest absolute Gasteiger partial charge is 0.491 e. The van der Waals surface area contributed by atoms with E-state index in [1.54, 1.807) is 0 Å². The molecule has 0 spiro atoms. The van der Waals surface area contributed by atoms with Gasteiger partial charge in [-0.25, -0.2) is 0 Å². The topological polar surface area (TPSA) is 30.5 Å². The summed E-state index contributed by atoms with van der Waals surface area (Å²) in [4.78, 5) is 0. The summed E-state index contributed by atoms with van der Waals surface area (Å²) in [6.45, 7) is 7.65. The monoisotopic (exact) mass is 277 g/mol. The predicted molar refractivity (Wildman–Crippen MR) is 82.1 cm³/mol. The summed E-state index contributed by atoms with van der Waals surface area (Å²) in [6, 6.07) is 8.24. The van der Waals surface area contributed by atoms with E-state index >= 15 is 0 Å². The van der Waals surface area contributed by atoms with Crippen LogP contribution in [0.2, 0.25) is 0 Å². The molecule has 0 amide bonds. The first-order valence-electron chi connectivity index (χ1n) is 7.78. The van der Waals surface area contributed by atoms with Crippen molar-refractivity contribution in [2.45, 2.75) is 45.8 Å². The normalized spacial score (nSPS) is 15.3. The molecule has 1 aliphatic carbocycles. The van der Waals surface area contributed by atoms with Gasteiger partial charge in [-0.2, -0.15) is 0 Å². The van der Waals surface area contributed by atoms with E-state index in [1.807, 2.05) is 12.1 Å². The Hall–Kier alpha value is -1.06. The van der Waals surface area contributed by atoms with Crippen LogP contribution in [-0.4, -0.2) is 25.9 Å². The summed E-state index contributed by atoms with van der Waals surface area (Å²) in [6.07, 6.45) is 4.24. The molecule has 3 heteroatoms. The Balaban J connectivity index is 1.71. The first kappa shape index (κ1) is 15.3. The molecular formula is C17H27NO2. The Labute approximate surface area is 122 Å². The molecule has 1 saturated carbocycles. The molecule has 1 aliphatic rings. The van der Waals surface area contributed by atoms with Crippen LogP contribution in [0.4, 0.5) is 0 Å². The molecule has 0 saturated heterocycles. The van der Waals surface area contributed by atoms with Gasteiger partial charge in [0.1, 0.15) is 12.4 Å². The zero-order valence-electron chi connectivity index (χ0n) is 12.7. The smallest absolute Gasteiger partial charge is 0.123 e. The fourth-order valence-corrected chi connectivity index (χ4v) is 2.19. The molecular weight excluding hydrogens is 250 g/mol. The van der Waals surface area contributed by atoms with Gasteiger partial charge in [0.2, 0.25) is 0 Å². The fraction of sp³-hybridized carbons (Fsp3) is 0.647. The van der Waals surface area contributed by atoms with Crippen molar-refractivity contribution in [1.82, 2.24) is 5.32 Å². The van der Waals surface area contributed by atoms with E-state index in [0.29, 0.717) is 25.2 Å². The van der Waals surface area contributed by atoms with Crippen LogP contribution in [0.5, 0.6) is 5.75 Å². The fourth-order valence-electron chi connectivity index (χ4n) is 2.19. The van der Waals surface area contributed by atoms with E-state index in [4.69, 9.17) is 9.47 Å². The van der Waals surface area contributed by atoms with Gasteiger partial charge < -0.3 is 14.8 Å². The molecule has 1 aromatic carbocycles. The molecule has 1 N–H and O–H groups in total. The summed E-state index contributed by atoms with van der Waals surface area (Å²) < 4.78 is 11.6. The van der Waals surface area contributed by atoms with Crippen molar-refractivity contribution in [2.75, 3.05) is 19.8 Å². The molecule has 0 heterocycles. The van der Waals surface area contributed by atoms with E-state index in [-0.39, 0.29) is 0 Å². The minimum atomic E-state index is 0.488. The lowest BCUT2D eigenvalue weighted by Crippen LogP contribution is -2.24. The summed E-state index contributed by atoms with van der Waals surface area (Å²) >= 11 is 0. The van der Waals surface area contributed by atoms with Crippen LogP contribution in [0.3, 0.4) is 0 Å². The zero-order chi connectivity index (χ0) is 14.2. The Morgan fingerprint density at radius 3 is 2.70 bits per heavy atom. The molecule has 0 aromatic heterocycles. The zero-order valence-corrected chi connectivity index (χ0v) is 12.7. The van der Waals surface area contributed by atoms with Gasteiger partial charge in [-0.3, -0.25) is 0 Å². The van der Waals surface area contributed by atoms with E-state index in [9.17, 15) is 0 Å². The second-order valence-corrected chi connectivity index (χ2v) is 5.90. The van der Waals surface area contributed by atoms with Gasteiger partial charge in [0.05, 0.1) is 12.7 Å². The Kier molecular flexibility index (Phi) is 6.34. The van der Waals surface area contributed by atoms with Crippen molar-refractivity contribution >= 4 is 0 Å². The molecule has 1 fully saturated rings. The number of para-hydroxylation sites is 1. The number of benzene rings is 1. The maximum absolute atomic E-state index is 5.85. The number of rotatable bonds is 9. The Morgan fingerprint density at radius 2 is 2.00 bits per heavy atom. The quantitative estimate of drug-likeness (QED) is 0.702. The highest BCUT2D eigenvalue weighted by atomic mass is 16.5. The minimum Gasteiger partial charge on any atom is -0.491 e. The van der Waals surface area contributed by atoms with Gasteiger partial charge in [0.25, 0.3) is 0 Å². The summed E-state index contributed by atoms with van der Waals surface area (Å²) in [5.74, 6) is 1.64. The third kappa shape index (κ3) is 5.14. The van der Waals surface area contributed by atoms with Crippen LogP contribution in [0.15, 0.2) is 24.3 Å². The highest BCUT2D eigenvalue weighted by molar-refractivity contribution is 5.33. The maximum Gasteiger partial charge on any atom is 0.123 e. The lowest BCUT2D eigenvalue weighted by atomic mass is 9.96. The van der Waals surface area contributed by atoms with Crippen LogP contribution >= 0.6 is 0 Å². The number of nitrogens with one attached hydrogen (secondary N) is 1. The van der Waals surface area contributed by atoms with Crippen molar-refractivity contribution in [1.29, 1.82) is 0 Å². The standard InChI is InChI=1S/C17H27NO2/c1-14(2)12-18-13-15-6-3-4-9-17(15)20-11-10-19-16-7-5-8-16/h3-4,6,9,14,16,18H,5,7-8,10-13H2,1-2H3. The Morgan fingerprint density at radius 1 is 1.20 bits per heavy atom. The second-order valence-electron chi connectivity index (χ2n) is 5.90. The van der Waals surface area contributed by atoms with Gasteiger partial charge in [0, 0.05) is 12.1 Å². The van der Waals surface area contributed by atoms with Gasteiger partial charge in [0.15, 0.2) is 0 Å². The molecule has 1 aromatic rings. The van der Waals surface area contributed by atoms with E-state index in [1.165, 1.54) is 24.8 Å². The average Bonchev–Trinajstić information content (AvgIpc) is 2.37. The third-order valence-electron chi connectivity index (χ3n) is 3.59. The van der Waals surface area contributed by atoms with E-state index < -0.39 is 0 Å². The first-order valence-corrected chi connectivity index (χ1v) is 7.78. The maximum atomic E-state index is 5.85. The van der Waals surface area contributed by atoms with Crippen molar-refractivity contribution in [2.24, 2.45) is 5.92 Å². The molecule has 0 aliphatic heterocycles. The van der Waals surface area contributed by atoms with Gasteiger partial charge in [-0.1, -0.05) is 32.0 Å². The predicted octanol–water partition coefficient (Wildman–Crippen LogP) is 3.38. The third-order valence-corrected chi connectivity index (χ3v) is 3.59. The Bertz CT molecular complexity index is 388. The van der Waals surface area contributed by atoms with Gasteiger partial charge in [-0.05, 0) is 37.8 Å². The minimum absolute atomic E-state index is 0.488. The van der Waals surface area contributed by atoms with Gasteiger partial charge >= 0.3 is 0 Å². The lowest BCUT2D eigenvalue weighted by Gasteiger charge is -2.25. The van der Waals surface area contributed by atoms with E-state index in [0.717, 1.165) is 18.8 Å². The molecule has 2 rings (SSSR count). The van der Waals surface area contributed by atoms with Crippen LogP contribution in [0, 0.1) is 5.92 Å². The van der Waals surface area contributed by atoms with Crippen molar-refractivity contribution < 1.29 is 9.47 Å². The molecule has 112 valence electrons. The highest BCUT2D eigenvalue weighted by Gasteiger charge is 2.17. The SMILES string of the molecule is CC(C)CNCc1ccccc1OCCOC1CCC1. The van der Waals surface area contributed by atoms with Crippen LogP contribution in [-0.2, 0) is 11.3 Å². The number of hydrogen-bond acceptors (Lipinski definition) is 3. The molecule has 0 atom stereocenters. The summed E-state index contributed by atoms with van der Waals surface area (Å²) in [5.41, 5.74) is 1.22. The van der Waals surface area contributed by atoms with E-state index in [2.05, 4.69) is 31.3 Å². The average molecular weight is 277 g/mol. The molecule has 0 unspecified atom stereocenters. The van der Waals surface area contributed by atoms with Crippen molar-refractivity contribution in [3.63, 3.8) is 0 Å². The molecule has 0 radical (unpaired) electrons. The van der Waals surface area contributed by atoms with Crippen molar-refractivity contribution in [3.05, 3.63) is 29.8 Å². The summed E-state index contributed by atoms with van der Waals surface area (Å²) in [5, 5.41) is 3.46. The highest BCUT2D eigenvalue weighted by Crippen LogP contribution is 2.22. The van der Waals surface area contributed by atoms with Crippen LogP contribution in [0.25, 0.3) is 0 Å². The number of ether oxygens (including phenoxy) is 2. The molecule has 3 nitrogen and oxygen atoms in total. The molecule has 0 bridgehead atoms.